The first kappa shape index (κ1) is 13.1. The average molecular weight is 233 g/mol. The van der Waals surface area contributed by atoms with Crippen molar-refractivity contribution in [3.63, 3.8) is 0 Å². The van der Waals surface area contributed by atoms with Gasteiger partial charge in [-0.3, -0.25) is 4.79 Å². The molecule has 17 heavy (non-hydrogen) atoms. The smallest absolute Gasteiger partial charge is 0.225 e. The van der Waals surface area contributed by atoms with Crippen molar-refractivity contribution < 1.29 is 9.53 Å². The fourth-order valence-corrected chi connectivity index (χ4v) is 1.22. The Morgan fingerprint density at radius 1 is 1.59 bits per heavy atom. The number of nitrogens with one attached hydrogen (secondary N) is 1. The molecule has 0 fully saturated rings. The number of anilines is 1. The number of nitrogens with zero attached hydrogens (tertiary/aromatic N) is 2. The van der Waals surface area contributed by atoms with E-state index < -0.39 is 0 Å². The van der Waals surface area contributed by atoms with Gasteiger partial charge in [-0.1, -0.05) is 0 Å². The molecule has 90 valence electrons. The van der Waals surface area contributed by atoms with Crippen molar-refractivity contribution in [2.24, 2.45) is 0 Å². The van der Waals surface area contributed by atoms with Crippen LogP contribution in [0.25, 0.3) is 0 Å². The highest BCUT2D eigenvalue weighted by Crippen LogP contribution is 2.05. The summed E-state index contributed by atoms with van der Waals surface area (Å²) in [5, 5.41) is 11.2. The Bertz CT molecular complexity index is 395. The van der Waals surface area contributed by atoms with Gasteiger partial charge in [0.25, 0.3) is 0 Å². The van der Waals surface area contributed by atoms with Gasteiger partial charge in [0.2, 0.25) is 5.91 Å². The minimum Gasteiger partial charge on any atom is -0.382 e. The number of carbonyl (C=O) groups excluding carboxylic acids is 1. The van der Waals surface area contributed by atoms with E-state index in [1.165, 1.54) is 6.20 Å². The van der Waals surface area contributed by atoms with Gasteiger partial charge in [0, 0.05) is 25.8 Å². The quantitative estimate of drug-likeness (QED) is 0.759. The molecule has 0 radical (unpaired) electrons. The number of aromatic nitrogens is 1. The van der Waals surface area contributed by atoms with Crippen LogP contribution in [0.4, 0.5) is 5.82 Å². The first-order chi connectivity index (χ1) is 8.26. The van der Waals surface area contributed by atoms with E-state index in [4.69, 9.17) is 10.00 Å². The van der Waals surface area contributed by atoms with Gasteiger partial charge >= 0.3 is 0 Å². The zero-order chi connectivity index (χ0) is 12.5. The Hall–Kier alpha value is -1.93. The second-order valence-electron chi connectivity index (χ2n) is 3.39. The van der Waals surface area contributed by atoms with Gasteiger partial charge < -0.3 is 10.1 Å². The minimum absolute atomic E-state index is 0.0955. The van der Waals surface area contributed by atoms with Gasteiger partial charge in [-0.25, -0.2) is 4.98 Å². The van der Waals surface area contributed by atoms with Crippen LogP contribution in [0.3, 0.4) is 0 Å². The molecule has 0 unspecified atom stereocenters. The van der Waals surface area contributed by atoms with Crippen molar-refractivity contribution >= 4 is 11.7 Å². The fourth-order valence-electron chi connectivity index (χ4n) is 1.22. The van der Waals surface area contributed by atoms with Gasteiger partial charge in [0.15, 0.2) is 0 Å². The summed E-state index contributed by atoms with van der Waals surface area (Å²) < 4.78 is 5.13. The van der Waals surface area contributed by atoms with Crippen LogP contribution in [-0.4, -0.2) is 24.1 Å². The molecule has 5 nitrogen and oxygen atoms in total. The molecular formula is C12H15N3O2. The van der Waals surface area contributed by atoms with E-state index >= 15 is 0 Å². The summed E-state index contributed by atoms with van der Waals surface area (Å²) in [5.74, 6) is 0.368. The number of nitriles is 1. The third-order valence-electron chi connectivity index (χ3n) is 2.06. The number of hydrogen-bond donors (Lipinski definition) is 1. The molecule has 5 heteroatoms. The summed E-state index contributed by atoms with van der Waals surface area (Å²) in [6, 6.07) is 5.19. The number of pyridine rings is 1. The van der Waals surface area contributed by atoms with E-state index in [9.17, 15) is 4.79 Å². The maximum Gasteiger partial charge on any atom is 0.225 e. The lowest BCUT2D eigenvalue weighted by Gasteiger charge is -2.04. The molecule has 1 amide bonds. The Labute approximate surface area is 100 Å². The maximum atomic E-state index is 11.5. The predicted molar refractivity (Wildman–Crippen MR) is 63.3 cm³/mol. The van der Waals surface area contributed by atoms with Crippen molar-refractivity contribution in [2.45, 2.75) is 19.8 Å². The highest BCUT2D eigenvalue weighted by atomic mass is 16.5. The normalized spacial score (nSPS) is 9.65. The van der Waals surface area contributed by atoms with Crippen LogP contribution in [0.5, 0.6) is 0 Å². The van der Waals surface area contributed by atoms with Crippen molar-refractivity contribution in [1.29, 1.82) is 5.26 Å². The van der Waals surface area contributed by atoms with Crippen molar-refractivity contribution in [1.82, 2.24) is 4.98 Å². The Morgan fingerprint density at radius 3 is 3.00 bits per heavy atom. The molecule has 0 atom stereocenters. The summed E-state index contributed by atoms with van der Waals surface area (Å²) in [6.07, 6.45) is 2.52. The third kappa shape index (κ3) is 5.09. The molecule has 0 saturated heterocycles. The molecule has 0 spiro atoms. The first-order valence-corrected chi connectivity index (χ1v) is 5.50. The van der Waals surface area contributed by atoms with E-state index in [1.807, 2.05) is 13.0 Å². The van der Waals surface area contributed by atoms with Crippen LogP contribution in [0.1, 0.15) is 25.3 Å². The molecule has 0 bridgehead atoms. The summed E-state index contributed by atoms with van der Waals surface area (Å²) in [7, 11) is 0. The molecular weight excluding hydrogens is 218 g/mol. The predicted octanol–water partition coefficient (Wildman–Crippen LogP) is 1.71. The molecule has 1 aromatic heterocycles. The SMILES string of the molecule is CCOCCCC(=O)Nc1ccc(C#N)cn1. The number of ether oxygens (including phenoxy) is 1. The topological polar surface area (TPSA) is 75.0 Å². The maximum absolute atomic E-state index is 11.5. The van der Waals surface area contributed by atoms with Gasteiger partial charge in [-0.2, -0.15) is 5.26 Å². The second kappa shape index (κ2) is 7.36. The zero-order valence-electron chi connectivity index (χ0n) is 9.77. The van der Waals surface area contributed by atoms with Gasteiger partial charge in [-0.05, 0) is 25.5 Å². The van der Waals surface area contributed by atoms with E-state index in [0.29, 0.717) is 37.4 Å². The second-order valence-corrected chi connectivity index (χ2v) is 3.39. The highest BCUT2D eigenvalue weighted by molar-refractivity contribution is 5.89. The van der Waals surface area contributed by atoms with E-state index in [1.54, 1.807) is 12.1 Å². The van der Waals surface area contributed by atoms with Crippen LogP contribution in [-0.2, 0) is 9.53 Å². The molecule has 0 aromatic carbocycles. The summed E-state index contributed by atoms with van der Waals surface area (Å²) in [5.41, 5.74) is 0.472. The van der Waals surface area contributed by atoms with Gasteiger partial charge in [0.1, 0.15) is 11.9 Å². The summed E-state index contributed by atoms with van der Waals surface area (Å²) in [4.78, 5) is 15.4. The molecule has 1 N–H and O–H groups in total. The number of hydrogen-bond acceptors (Lipinski definition) is 4. The van der Waals surface area contributed by atoms with Crippen molar-refractivity contribution in [3.05, 3.63) is 23.9 Å². The summed E-state index contributed by atoms with van der Waals surface area (Å²) >= 11 is 0. The van der Waals surface area contributed by atoms with Gasteiger partial charge in [-0.15, -0.1) is 0 Å². The molecule has 0 aliphatic carbocycles. The van der Waals surface area contributed by atoms with Crippen molar-refractivity contribution in [3.8, 4) is 6.07 Å². The minimum atomic E-state index is -0.0955. The Morgan fingerprint density at radius 2 is 2.41 bits per heavy atom. The average Bonchev–Trinajstić information content (AvgIpc) is 2.36. The lowest BCUT2D eigenvalue weighted by atomic mass is 10.3. The lowest BCUT2D eigenvalue weighted by Crippen LogP contribution is -2.13. The monoisotopic (exact) mass is 233 g/mol. The lowest BCUT2D eigenvalue weighted by molar-refractivity contribution is -0.116. The molecule has 0 aliphatic heterocycles. The van der Waals surface area contributed by atoms with Crippen LogP contribution in [0.15, 0.2) is 18.3 Å². The zero-order valence-corrected chi connectivity index (χ0v) is 9.77. The van der Waals surface area contributed by atoms with E-state index in [-0.39, 0.29) is 5.91 Å². The van der Waals surface area contributed by atoms with Gasteiger partial charge in [0.05, 0.1) is 5.56 Å². The Kier molecular flexibility index (Phi) is 5.69. The first-order valence-electron chi connectivity index (χ1n) is 5.50. The molecule has 1 rings (SSSR count). The Balaban J connectivity index is 2.32. The molecule has 1 aromatic rings. The molecule has 0 saturated carbocycles. The van der Waals surface area contributed by atoms with Crippen molar-refractivity contribution in [2.75, 3.05) is 18.5 Å². The number of amides is 1. The van der Waals surface area contributed by atoms with E-state index in [0.717, 1.165) is 0 Å². The largest absolute Gasteiger partial charge is 0.382 e. The highest BCUT2D eigenvalue weighted by Gasteiger charge is 2.03. The summed E-state index contributed by atoms with van der Waals surface area (Å²) in [6.45, 7) is 3.17. The standard InChI is InChI=1S/C12H15N3O2/c1-2-17-7-3-4-12(16)15-11-6-5-10(8-13)9-14-11/h5-6,9H,2-4,7H2,1H3,(H,14,15,16). The van der Waals surface area contributed by atoms with E-state index in [2.05, 4.69) is 10.3 Å². The van der Waals surface area contributed by atoms with Crippen LogP contribution < -0.4 is 5.32 Å². The van der Waals surface area contributed by atoms with Crippen LogP contribution in [0, 0.1) is 11.3 Å². The molecule has 0 aliphatic rings. The van der Waals surface area contributed by atoms with Crippen LogP contribution >= 0.6 is 0 Å². The molecule has 1 heterocycles. The fraction of sp³-hybridized carbons (Fsp3) is 0.417. The van der Waals surface area contributed by atoms with Crippen LogP contribution in [0.2, 0.25) is 0 Å². The third-order valence-corrected chi connectivity index (χ3v) is 2.06. The number of carbonyl (C=O) groups is 1. The number of rotatable bonds is 6.